The first kappa shape index (κ1) is 13.3. The van der Waals surface area contributed by atoms with E-state index in [9.17, 15) is 8.42 Å². The molecule has 0 atom stereocenters. The van der Waals surface area contributed by atoms with Crippen LogP contribution in [0.25, 0.3) is 0 Å². The van der Waals surface area contributed by atoms with Gasteiger partial charge in [-0.1, -0.05) is 29.8 Å². The van der Waals surface area contributed by atoms with Crippen LogP contribution < -0.4 is 0 Å². The minimum Gasteiger partial charge on any atom is -0.207 e. The predicted octanol–water partition coefficient (Wildman–Crippen LogP) is 2.73. The van der Waals surface area contributed by atoms with E-state index in [1.54, 1.807) is 16.4 Å². The molecule has 1 aliphatic heterocycles. The van der Waals surface area contributed by atoms with E-state index in [1.165, 1.54) is 0 Å². The van der Waals surface area contributed by atoms with Crippen LogP contribution in [0.5, 0.6) is 0 Å². The normalized spacial score (nSPS) is 18.3. The minimum absolute atomic E-state index is 0.391. The molecule has 3 nitrogen and oxygen atoms in total. The standard InChI is InChI=1S/C14H19NO2S/c1-13-7-9-14(10-8-13)18(16,17)15-11-5-3-2-4-6-12-15/h3,5,7-10H,2,4,6,11-12H2,1H3. The Kier molecular flexibility index (Phi) is 4.19. The van der Waals surface area contributed by atoms with Gasteiger partial charge in [-0.15, -0.1) is 0 Å². The van der Waals surface area contributed by atoms with Crippen molar-refractivity contribution >= 4 is 10.0 Å². The Morgan fingerprint density at radius 3 is 2.50 bits per heavy atom. The van der Waals surface area contributed by atoms with Gasteiger partial charge in [-0.3, -0.25) is 0 Å². The average molecular weight is 265 g/mol. The summed E-state index contributed by atoms with van der Waals surface area (Å²) in [5.74, 6) is 0. The number of hydrogen-bond donors (Lipinski definition) is 0. The smallest absolute Gasteiger partial charge is 0.207 e. The molecule has 4 heteroatoms. The molecule has 0 unspecified atom stereocenters. The van der Waals surface area contributed by atoms with Crippen LogP contribution in [-0.2, 0) is 10.0 Å². The van der Waals surface area contributed by atoms with Crippen LogP contribution in [0.3, 0.4) is 0 Å². The van der Waals surface area contributed by atoms with Crippen molar-refractivity contribution in [3.05, 3.63) is 42.0 Å². The van der Waals surface area contributed by atoms with E-state index < -0.39 is 10.0 Å². The molecule has 0 saturated carbocycles. The lowest BCUT2D eigenvalue weighted by Crippen LogP contribution is -2.32. The van der Waals surface area contributed by atoms with Crippen molar-refractivity contribution in [1.82, 2.24) is 4.31 Å². The highest BCUT2D eigenvalue weighted by Crippen LogP contribution is 2.18. The van der Waals surface area contributed by atoms with Gasteiger partial charge in [-0.2, -0.15) is 4.31 Å². The van der Waals surface area contributed by atoms with E-state index >= 15 is 0 Å². The summed E-state index contributed by atoms with van der Waals surface area (Å²) in [4.78, 5) is 0.391. The molecule has 1 heterocycles. The Bertz CT molecular complexity index is 517. The fourth-order valence-corrected chi connectivity index (χ4v) is 3.46. The Hall–Kier alpha value is -1.13. The number of sulfonamides is 1. The summed E-state index contributed by atoms with van der Waals surface area (Å²) in [5, 5.41) is 0. The zero-order valence-corrected chi connectivity index (χ0v) is 11.5. The second-order valence-electron chi connectivity index (χ2n) is 4.64. The number of nitrogens with zero attached hydrogens (tertiary/aromatic N) is 1. The Morgan fingerprint density at radius 1 is 1.06 bits per heavy atom. The number of hydrogen-bond acceptors (Lipinski definition) is 2. The first-order chi connectivity index (χ1) is 8.60. The van der Waals surface area contributed by atoms with Crippen LogP contribution in [0.1, 0.15) is 24.8 Å². The largest absolute Gasteiger partial charge is 0.243 e. The van der Waals surface area contributed by atoms with Crippen molar-refractivity contribution in [3.63, 3.8) is 0 Å². The van der Waals surface area contributed by atoms with Gasteiger partial charge in [-0.25, -0.2) is 8.42 Å². The summed E-state index contributed by atoms with van der Waals surface area (Å²) >= 11 is 0. The van der Waals surface area contributed by atoms with Crippen molar-refractivity contribution in [3.8, 4) is 0 Å². The number of allylic oxidation sites excluding steroid dienone is 1. The van der Waals surface area contributed by atoms with Crippen molar-refractivity contribution < 1.29 is 8.42 Å². The molecule has 0 N–H and O–H groups in total. The Labute approximate surface area is 109 Å². The number of rotatable bonds is 2. The van der Waals surface area contributed by atoms with Gasteiger partial charge in [0.2, 0.25) is 10.0 Å². The van der Waals surface area contributed by atoms with Crippen LogP contribution in [0, 0.1) is 6.92 Å². The van der Waals surface area contributed by atoms with Crippen LogP contribution in [0.2, 0.25) is 0 Å². The molecule has 0 bridgehead atoms. The van der Waals surface area contributed by atoms with Gasteiger partial charge in [0.1, 0.15) is 0 Å². The van der Waals surface area contributed by atoms with Crippen LogP contribution in [0.15, 0.2) is 41.3 Å². The molecule has 0 spiro atoms. The lowest BCUT2D eigenvalue weighted by atomic mass is 10.2. The van der Waals surface area contributed by atoms with Crippen LogP contribution in [-0.4, -0.2) is 25.8 Å². The molecular weight excluding hydrogens is 246 g/mol. The molecule has 1 aliphatic rings. The van der Waals surface area contributed by atoms with Gasteiger partial charge in [0.25, 0.3) is 0 Å². The summed E-state index contributed by atoms with van der Waals surface area (Å²) in [6, 6.07) is 7.06. The second kappa shape index (κ2) is 5.67. The quantitative estimate of drug-likeness (QED) is 0.771. The number of aryl methyl sites for hydroxylation is 1. The summed E-state index contributed by atoms with van der Waals surface area (Å²) in [7, 11) is -3.34. The molecule has 2 rings (SSSR count). The molecule has 0 radical (unpaired) electrons. The van der Waals surface area contributed by atoms with Gasteiger partial charge in [0, 0.05) is 13.1 Å². The van der Waals surface area contributed by atoms with E-state index in [4.69, 9.17) is 0 Å². The lowest BCUT2D eigenvalue weighted by Gasteiger charge is -2.22. The van der Waals surface area contributed by atoms with E-state index in [-0.39, 0.29) is 0 Å². The summed E-state index contributed by atoms with van der Waals surface area (Å²) in [6.45, 7) is 3.05. The second-order valence-corrected chi connectivity index (χ2v) is 6.58. The molecule has 18 heavy (non-hydrogen) atoms. The molecule has 1 aromatic rings. The maximum Gasteiger partial charge on any atom is 0.243 e. The molecular formula is C14H19NO2S. The van der Waals surface area contributed by atoms with Gasteiger partial charge >= 0.3 is 0 Å². The predicted molar refractivity (Wildman–Crippen MR) is 72.9 cm³/mol. The maximum absolute atomic E-state index is 12.5. The highest BCUT2D eigenvalue weighted by Gasteiger charge is 2.23. The molecule has 98 valence electrons. The third-order valence-electron chi connectivity index (χ3n) is 3.16. The van der Waals surface area contributed by atoms with Gasteiger partial charge < -0.3 is 0 Å². The fraction of sp³-hybridized carbons (Fsp3) is 0.429. The van der Waals surface area contributed by atoms with E-state index in [0.717, 1.165) is 24.8 Å². The van der Waals surface area contributed by atoms with E-state index in [0.29, 0.717) is 18.0 Å². The first-order valence-electron chi connectivity index (χ1n) is 6.32. The third kappa shape index (κ3) is 3.00. The van der Waals surface area contributed by atoms with Crippen molar-refractivity contribution in [2.45, 2.75) is 31.1 Å². The fourth-order valence-electron chi connectivity index (χ4n) is 2.03. The SMILES string of the molecule is Cc1ccc(S(=O)(=O)N2CC=CCCCC2)cc1. The lowest BCUT2D eigenvalue weighted by molar-refractivity contribution is 0.425. The zero-order valence-electron chi connectivity index (χ0n) is 10.7. The summed E-state index contributed by atoms with van der Waals surface area (Å²) < 4.78 is 26.5. The third-order valence-corrected chi connectivity index (χ3v) is 5.04. The molecule has 0 saturated heterocycles. The van der Waals surface area contributed by atoms with Crippen molar-refractivity contribution in [2.24, 2.45) is 0 Å². The Balaban J connectivity index is 2.26. The highest BCUT2D eigenvalue weighted by atomic mass is 32.2. The topological polar surface area (TPSA) is 37.4 Å². The number of benzene rings is 1. The molecule has 0 amide bonds. The molecule has 1 aromatic carbocycles. The summed E-state index contributed by atoms with van der Waals surface area (Å²) in [6.07, 6.45) is 7.05. The Morgan fingerprint density at radius 2 is 1.78 bits per heavy atom. The first-order valence-corrected chi connectivity index (χ1v) is 7.76. The van der Waals surface area contributed by atoms with Gasteiger partial charge in [-0.05, 0) is 38.3 Å². The molecule has 0 aliphatic carbocycles. The van der Waals surface area contributed by atoms with E-state index in [1.807, 2.05) is 25.1 Å². The molecule has 0 fully saturated rings. The van der Waals surface area contributed by atoms with Crippen molar-refractivity contribution in [2.75, 3.05) is 13.1 Å². The average Bonchev–Trinajstić information content (AvgIpc) is 2.28. The summed E-state index contributed by atoms with van der Waals surface area (Å²) in [5.41, 5.74) is 1.07. The maximum atomic E-state index is 12.5. The van der Waals surface area contributed by atoms with Crippen molar-refractivity contribution in [1.29, 1.82) is 0 Å². The van der Waals surface area contributed by atoms with Gasteiger partial charge in [0.15, 0.2) is 0 Å². The van der Waals surface area contributed by atoms with Crippen LogP contribution in [0.4, 0.5) is 0 Å². The monoisotopic (exact) mass is 265 g/mol. The van der Waals surface area contributed by atoms with Gasteiger partial charge in [0.05, 0.1) is 4.90 Å². The highest BCUT2D eigenvalue weighted by molar-refractivity contribution is 7.89. The molecule has 0 aromatic heterocycles. The van der Waals surface area contributed by atoms with E-state index in [2.05, 4.69) is 6.08 Å². The minimum atomic E-state index is -3.34. The van der Waals surface area contributed by atoms with Crippen LogP contribution >= 0.6 is 0 Å². The zero-order chi connectivity index (χ0) is 13.0.